The summed E-state index contributed by atoms with van der Waals surface area (Å²) in [6, 6.07) is 18.1. The summed E-state index contributed by atoms with van der Waals surface area (Å²) < 4.78 is 7.29. The Morgan fingerprint density at radius 2 is 1.17 bits per heavy atom. The Balaban J connectivity index is 0.00000135. The van der Waals surface area contributed by atoms with Crippen molar-refractivity contribution >= 4 is 24.6 Å². The number of halogens is 1. The van der Waals surface area contributed by atoms with E-state index in [4.69, 9.17) is 0 Å². The summed E-state index contributed by atoms with van der Waals surface area (Å²) in [4.78, 5) is 0. The van der Waals surface area contributed by atoms with Crippen LogP contribution in [0.2, 0.25) is 12.9 Å². The van der Waals surface area contributed by atoms with E-state index in [0.717, 1.165) is 7.25 Å². The molecular formula is C21H22ClZr. The van der Waals surface area contributed by atoms with Gasteiger partial charge in [-0.25, -0.2) is 0 Å². The van der Waals surface area contributed by atoms with Gasteiger partial charge in [-0.3, -0.25) is 0 Å². The summed E-state index contributed by atoms with van der Waals surface area (Å²) in [6.07, 6.45) is 9.87. The number of allylic oxidation sites excluding steroid dienone is 2. The first-order valence-corrected chi connectivity index (χ1v) is 17.2. The summed E-state index contributed by atoms with van der Waals surface area (Å²) in [6.45, 7) is 0. The van der Waals surface area contributed by atoms with Gasteiger partial charge in [-0.1, -0.05) is 0 Å². The van der Waals surface area contributed by atoms with Gasteiger partial charge in [-0.2, -0.15) is 0 Å². The fourth-order valence-corrected chi connectivity index (χ4v) is 27.4. The molecule has 0 amide bonds. The molecule has 0 aromatic heterocycles. The van der Waals surface area contributed by atoms with Crippen molar-refractivity contribution in [2.45, 2.75) is 20.1 Å². The molecule has 117 valence electrons. The van der Waals surface area contributed by atoms with Gasteiger partial charge in [0.05, 0.1) is 0 Å². The minimum atomic E-state index is -2.79. The van der Waals surface area contributed by atoms with Crippen LogP contribution >= 0.6 is 12.4 Å². The van der Waals surface area contributed by atoms with Crippen molar-refractivity contribution in [3.05, 3.63) is 82.9 Å². The van der Waals surface area contributed by atoms with Gasteiger partial charge in [-0.15, -0.1) is 12.4 Å². The zero-order valence-corrected chi connectivity index (χ0v) is 16.7. The summed E-state index contributed by atoms with van der Waals surface area (Å²) in [7, 11) is 0. The van der Waals surface area contributed by atoms with Gasteiger partial charge in [0.25, 0.3) is 0 Å². The zero-order valence-electron chi connectivity index (χ0n) is 13.4. The number of benzene rings is 2. The molecule has 0 saturated carbocycles. The molecule has 5 rings (SSSR count). The third-order valence-electron chi connectivity index (χ3n) is 6.79. The van der Waals surface area contributed by atoms with E-state index in [1.807, 2.05) is 0 Å². The molecule has 3 aliphatic rings. The molecule has 1 aliphatic heterocycles. The van der Waals surface area contributed by atoms with E-state index in [1.54, 1.807) is 11.1 Å². The van der Waals surface area contributed by atoms with Crippen molar-refractivity contribution in [2.24, 2.45) is 0 Å². The fraction of sp³-hybridized carbons (Fsp3) is 0.238. The SMILES string of the molecule is Cl.[CH3][Zr]1([CH]2C=Cc3ccccc32)([CH]2C=Cc3ccccc32)[CH2][CH2]1. The molecule has 2 aromatic carbocycles. The van der Waals surface area contributed by atoms with Gasteiger partial charge in [0.2, 0.25) is 0 Å². The summed E-state index contributed by atoms with van der Waals surface area (Å²) in [5.41, 5.74) is 6.16. The average molecular weight is 401 g/mol. The maximum atomic E-state index is 2.75. The van der Waals surface area contributed by atoms with Crippen molar-refractivity contribution in [3.63, 3.8) is 0 Å². The van der Waals surface area contributed by atoms with Crippen LogP contribution in [0.4, 0.5) is 0 Å². The molecule has 1 heterocycles. The Morgan fingerprint density at radius 3 is 1.61 bits per heavy atom. The molecule has 1 fully saturated rings. The van der Waals surface area contributed by atoms with Crippen molar-refractivity contribution in [3.8, 4) is 0 Å². The number of fused-ring (bicyclic) bond motifs is 2. The quantitative estimate of drug-likeness (QED) is 0.537. The van der Waals surface area contributed by atoms with Crippen LogP contribution in [0.3, 0.4) is 0 Å². The predicted molar refractivity (Wildman–Crippen MR) is 99.2 cm³/mol. The topological polar surface area (TPSA) is 0 Å². The number of hydrogen-bond acceptors (Lipinski definition) is 0. The normalized spacial score (nSPS) is 29.0. The molecule has 2 aromatic rings. The van der Waals surface area contributed by atoms with Crippen molar-refractivity contribution < 1.29 is 18.8 Å². The molecule has 2 atom stereocenters. The molecule has 0 radical (unpaired) electrons. The van der Waals surface area contributed by atoms with Crippen LogP contribution in [-0.2, 0) is 18.8 Å². The molecule has 23 heavy (non-hydrogen) atoms. The van der Waals surface area contributed by atoms with Gasteiger partial charge >= 0.3 is 134 Å². The van der Waals surface area contributed by atoms with Crippen LogP contribution in [-0.4, -0.2) is 0 Å². The molecule has 0 N–H and O–H groups in total. The summed E-state index contributed by atoms with van der Waals surface area (Å²) in [5, 5.41) is 0. The standard InChI is InChI=1S/2C9H7.C2H4.CH3.ClH.Zr/c2*1-2-5-9-7-3-6-8(9)4-1;1-2;;;/h2*1-7H;1-2H2;1H3;1H;. The van der Waals surface area contributed by atoms with Crippen molar-refractivity contribution in [2.75, 3.05) is 0 Å². The van der Waals surface area contributed by atoms with E-state index in [9.17, 15) is 0 Å². The molecule has 2 aliphatic carbocycles. The van der Waals surface area contributed by atoms with Crippen LogP contribution in [0.1, 0.15) is 29.5 Å². The molecule has 2 unspecified atom stereocenters. The number of hydrogen-bond donors (Lipinski definition) is 0. The zero-order chi connectivity index (χ0) is 14.8. The molecule has 0 nitrogen and oxygen atoms in total. The van der Waals surface area contributed by atoms with E-state index >= 15 is 0 Å². The Labute approximate surface area is 145 Å². The first-order chi connectivity index (χ1) is 10.7. The van der Waals surface area contributed by atoms with Gasteiger partial charge in [0.1, 0.15) is 0 Å². The van der Waals surface area contributed by atoms with E-state index in [2.05, 4.69) is 77.5 Å². The summed E-state index contributed by atoms with van der Waals surface area (Å²) >= 11 is -2.79. The first-order valence-electron chi connectivity index (χ1n) is 8.43. The van der Waals surface area contributed by atoms with Crippen LogP contribution in [0, 0.1) is 0 Å². The Kier molecular flexibility index (Phi) is 3.42. The third kappa shape index (κ3) is 1.99. The molecule has 0 bridgehead atoms. The second kappa shape index (κ2) is 5.04. The summed E-state index contributed by atoms with van der Waals surface area (Å²) in [5.74, 6) is 0. The Bertz CT molecular complexity index is 779. The molecule has 0 spiro atoms. The van der Waals surface area contributed by atoms with Gasteiger partial charge in [0, 0.05) is 0 Å². The van der Waals surface area contributed by atoms with E-state index < -0.39 is 18.8 Å². The molecule has 1 saturated heterocycles. The van der Waals surface area contributed by atoms with Crippen LogP contribution in [0.25, 0.3) is 12.2 Å². The third-order valence-corrected chi connectivity index (χ3v) is 24.9. The van der Waals surface area contributed by atoms with Crippen LogP contribution < -0.4 is 0 Å². The Hall–Kier alpha value is -0.907. The van der Waals surface area contributed by atoms with Crippen LogP contribution in [0.5, 0.6) is 0 Å². The predicted octanol–water partition coefficient (Wildman–Crippen LogP) is 6.53. The van der Waals surface area contributed by atoms with E-state index in [0.29, 0.717) is 0 Å². The molecular weight excluding hydrogens is 379 g/mol. The maximum absolute atomic E-state index is 2.79. The van der Waals surface area contributed by atoms with Crippen molar-refractivity contribution in [1.29, 1.82) is 0 Å². The second-order valence-corrected chi connectivity index (χ2v) is 25.8. The fourth-order valence-electron chi connectivity index (χ4n) is 5.09. The van der Waals surface area contributed by atoms with Crippen LogP contribution in [0.15, 0.2) is 60.7 Å². The van der Waals surface area contributed by atoms with E-state index in [-0.39, 0.29) is 12.4 Å². The van der Waals surface area contributed by atoms with Gasteiger partial charge < -0.3 is 0 Å². The minimum absolute atomic E-state index is 0. The average Bonchev–Trinajstić information content (AvgIpc) is 2.95. The van der Waals surface area contributed by atoms with Gasteiger partial charge in [0.15, 0.2) is 0 Å². The second-order valence-electron chi connectivity index (χ2n) is 7.95. The molecule has 2 heteroatoms. The van der Waals surface area contributed by atoms with Crippen molar-refractivity contribution in [1.82, 2.24) is 0 Å². The number of rotatable bonds is 2. The first kappa shape index (κ1) is 15.6. The van der Waals surface area contributed by atoms with Gasteiger partial charge in [-0.05, 0) is 0 Å². The Morgan fingerprint density at radius 1 is 0.739 bits per heavy atom. The van der Waals surface area contributed by atoms with E-state index in [1.165, 1.54) is 19.4 Å². The monoisotopic (exact) mass is 399 g/mol.